The molecule has 1 aliphatic heterocycles. The van der Waals surface area contributed by atoms with Crippen LogP contribution in [0.25, 0.3) is 11.2 Å². The molecule has 33 heavy (non-hydrogen) atoms. The third-order valence-electron chi connectivity index (χ3n) is 4.12. The van der Waals surface area contributed by atoms with Crippen LogP contribution in [0.3, 0.4) is 0 Å². The number of aliphatic hydroxyl groups is 2. The van der Waals surface area contributed by atoms with Crippen LogP contribution in [0.4, 0.5) is 0 Å². The quantitative estimate of drug-likeness (QED) is 0.166. The van der Waals surface area contributed by atoms with E-state index < -0.39 is 54.6 Å². The van der Waals surface area contributed by atoms with E-state index in [1.165, 1.54) is 11.7 Å². The lowest BCUT2D eigenvalue weighted by Gasteiger charge is -2.19. The highest BCUT2D eigenvalue weighted by Crippen LogP contribution is 2.66. The van der Waals surface area contributed by atoms with Crippen molar-refractivity contribution in [2.75, 3.05) is 13.7 Å². The molecule has 0 bridgehead atoms. The number of fused-ring (bicyclic) bond motifs is 1. The zero-order valence-corrected chi connectivity index (χ0v) is 18.9. The third-order valence-corrected chi connectivity index (χ3v) is 7.92. The smallest absolute Gasteiger partial charge is 0.414 e. The minimum atomic E-state index is -5.72. The molecule has 2 aromatic heterocycles. The molecule has 0 saturated carbocycles. The summed E-state index contributed by atoms with van der Waals surface area (Å²) in [6.45, 7) is -0.986. The summed E-state index contributed by atoms with van der Waals surface area (Å²) in [4.78, 5) is 48.5. The van der Waals surface area contributed by atoms with E-state index in [2.05, 4.69) is 23.1 Å². The van der Waals surface area contributed by atoms with E-state index in [1.807, 2.05) is 0 Å². The SMILES string of the molecule is COn1cnc(=N)c2ncn([C@@H]3O[C@H](COP(=O)(O)OP(=O)(O)OP(=O)(O)O)[C@@H](O)[C@H]3O)c21. The van der Waals surface area contributed by atoms with Crippen LogP contribution in [0.5, 0.6) is 0 Å². The summed E-state index contributed by atoms with van der Waals surface area (Å²) in [5, 5.41) is 28.4. The highest BCUT2D eigenvalue weighted by atomic mass is 31.3. The van der Waals surface area contributed by atoms with Gasteiger partial charge in [0.15, 0.2) is 22.9 Å². The lowest BCUT2D eigenvalue weighted by Crippen LogP contribution is -2.33. The molecule has 0 aromatic carbocycles. The summed E-state index contributed by atoms with van der Waals surface area (Å²) in [6, 6.07) is 0. The molecule has 2 aromatic rings. The number of nitrogens with one attached hydrogen (secondary N) is 1. The van der Waals surface area contributed by atoms with Crippen LogP contribution in [0.1, 0.15) is 6.23 Å². The van der Waals surface area contributed by atoms with Gasteiger partial charge in [-0.05, 0) is 0 Å². The van der Waals surface area contributed by atoms with Crippen LogP contribution in [0, 0.1) is 5.41 Å². The van der Waals surface area contributed by atoms with Gasteiger partial charge in [0.2, 0.25) is 0 Å². The summed E-state index contributed by atoms with van der Waals surface area (Å²) in [7, 11) is -15.5. The molecule has 0 radical (unpaired) electrons. The molecule has 6 atom stereocenters. The number of ether oxygens (including phenoxy) is 1. The van der Waals surface area contributed by atoms with Gasteiger partial charge in [-0.15, -0.1) is 0 Å². The molecular weight excluding hydrogens is 519 g/mol. The second kappa shape index (κ2) is 9.24. The first-order chi connectivity index (χ1) is 15.1. The molecule has 0 aliphatic carbocycles. The Kier molecular flexibility index (Phi) is 7.29. The lowest BCUT2D eigenvalue weighted by molar-refractivity contribution is -0.0512. The third kappa shape index (κ3) is 5.93. The van der Waals surface area contributed by atoms with Crippen LogP contribution < -0.4 is 10.3 Å². The van der Waals surface area contributed by atoms with Crippen molar-refractivity contribution in [2.24, 2.45) is 0 Å². The first-order valence-electron chi connectivity index (χ1n) is 8.47. The van der Waals surface area contributed by atoms with E-state index in [-0.39, 0.29) is 16.7 Å². The van der Waals surface area contributed by atoms with Crippen molar-refractivity contribution in [3.63, 3.8) is 0 Å². The molecule has 1 aliphatic rings. The molecule has 3 rings (SSSR count). The van der Waals surface area contributed by atoms with Crippen molar-refractivity contribution in [3.05, 3.63) is 18.1 Å². The second-order valence-electron chi connectivity index (χ2n) is 6.36. The maximum atomic E-state index is 11.8. The van der Waals surface area contributed by atoms with E-state index in [0.717, 1.165) is 17.4 Å². The van der Waals surface area contributed by atoms with Gasteiger partial charge in [-0.2, -0.15) is 13.4 Å². The standard InChI is InChI=1S/C11H18N5O14P3/c1-26-16-4-14-9(12)6-10(16)15(3-13-6)11-8(18)7(17)5(28-11)2-27-32(22,23)30-33(24,25)29-31(19,20)21/h3-5,7-8,11-12,17-18H,2H2,1H3,(H,22,23)(H,24,25)(H2,19,20,21)/t5-,7-,8-,11-/m1/s1. The molecule has 0 amide bonds. The molecule has 2 unspecified atom stereocenters. The zero-order chi connectivity index (χ0) is 24.8. The summed E-state index contributed by atoms with van der Waals surface area (Å²) in [5.41, 5.74) is -0.0575. The number of nitrogens with zero attached hydrogens (tertiary/aromatic N) is 4. The summed E-state index contributed by atoms with van der Waals surface area (Å²) >= 11 is 0. The minimum absolute atomic E-state index is 0.0568. The van der Waals surface area contributed by atoms with E-state index in [0.29, 0.717) is 0 Å². The largest absolute Gasteiger partial charge is 0.490 e. The fourth-order valence-corrected chi connectivity index (χ4v) is 5.88. The molecule has 186 valence electrons. The molecule has 7 N–H and O–H groups in total. The number of imidazole rings is 1. The topological polar surface area (TPSA) is 278 Å². The fourth-order valence-electron chi connectivity index (χ4n) is 2.85. The van der Waals surface area contributed by atoms with Crippen LogP contribution in [0.2, 0.25) is 0 Å². The van der Waals surface area contributed by atoms with E-state index >= 15 is 0 Å². The summed E-state index contributed by atoms with van der Waals surface area (Å²) in [5.74, 6) is 0. The van der Waals surface area contributed by atoms with Crippen molar-refractivity contribution in [1.82, 2.24) is 19.3 Å². The van der Waals surface area contributed by atoms with Gasteiger partial charge >= 0.3 is 23.5 Å². The number of hydrogen-bond donors (Lipinski definition) is 7. The predicted molar refractivity (Wildman–Crippen MR) is 99.6 cm³/mol. The Balaban J connectivity index is 1.76. The number of hydrogen-bond acceptors (Lipinski definition) is 13. The Morgan fingerprint density at radius 3 is 2.33 bits per heavy atom. The van der Waals surface area contributed by atoms with Crippen molar-refractivity contribution in [2.45, 2.75) is 24.5 Å². The highest BCUT2D eigenvalue weighted by molar-refractivity contribution is 7.66. The second-order valence-corrected chi connectivity index (χ2v) is 10.8. The average molecular weight is 537 g/mol. The van der Waals surface area contributed by atoms with Gasteiger partial charge in [0.05, 0.1) is 12.9 Å². The summed E-state index contributed by atoms with van der Waals surface area (Å²) in [6.07, 6.45) is -3.92. The lowest BCUT2D eigenvalue weighted by atomic mass is 10.1. The predicted octanol–water partition coefficient (Wildman–Crippen LogP) is -2.27. The van der Waals surface area contributed by atoms with Crippen molar-refractivity contribution >= 4 is 34.6 Å². The van der Waals surface area contributed by atoms with Gasteiger partial charge in [0.1, 0.15) is 31.7 Å². The Morgan fingerprint density at radius 2 is 1.73 bits per heavy atom. The molecule has 3 heterocycles. The number of aliphatic hydroxyl groups excluding tert-OH is 2. The molecule has 1 fully saturated rings. The summed E-state index contributed by atoms with van der Waals surface area (Å²) < 4.78 is 53.2. The normalized spacial score (nSPS) is 27.4. The minimum Gasteiger partial charge on any atom is -0.414 e. The number of phosphoric ester groups is 1. The van der Waals surface area contributed by atoms with Gasteiger partial charge in [0.25, 0.3) is 0 Å². The Bertz CT molecular complexity index is 1230. The first kappa shape index (κ1) is 26.1. The van der Waals surface area contributed by atoms with E-state index in [9.17, 15) is 28.8 Å². The monoisotopic (exact) mass is 537 g/mol. The zero-order valence-electron chi connectivity index (χ0n) is 16.3. The number of rotatable bonds is 9. The van der Waals surface area contributed by atoms with Crippen molar-refractivity contribution in [1.29, 1.82) is 5.41 Å². The van der Waals surface area contributed by atoms with Gasteiger partial charge in [-0.25, -0.2) is 23.7 Å². The average Bonchev–Trinajstić information content (AvgIpc) is 3.21. The van der Waals surface area contributed by atoms with Crippen molar-refractivity contribution in [3.8, 4) is 0 Å². The molecular formula is C11H18N5O14P3. The van der Waals surface area contributed by atoms with Gasteiger partial charge in [-0.1, -0.05) is 0 Å². The molecule has 22 heteroatoms. The fraction of sp³-hybridized carbons (Fsp3) is 0.545. The maximum absolute atomic E-state index is 11.8. The van der Waals surface area contributed by atoms with Crippen LogP contribution >= 0.6 is 23.5 Å². The molecule has 0 spiro atoms. The molecule has 1 saturated heterocycles. The molecule has 19 nitrogen and oxygen atoms in total. The van der Waals surface area contributed by atoms with Gasteiger partial charge < -0.3 is 39.4 Å². The van der Waals surface area contributed by atoms with Gasteiger partial charge in [0, 0.05) is 0 Å². The maximum Gasteiger partial charge on any atom is 0.490 e. The van der Waals surface area contributed by atoms with Gasteiger partial charge in [-0.3, -0.25) is 14.5 Å². The number of phosphoric acid groups is 3. The van der Waals surface area contributed by atoms with Crippen LogP contribution in [-0.2, 0) is 31.6 Å². The van der Waals surface area contributed by atoms with E-state index in [4.69, 9.17) is 29.7 Å². The Morgan fingerprint density at radius 1 is 1.06 bits per heavy atom. The Hall–Kier alpha value is -1.56. The first-order valence-corrected chi connectivity index (χ1v) is 13.0. The van der Waals surface area contributed by atoms with Crippen LogP contribution in [0.15, 0.2) is 12.7 Å². The number of aromatic nitrogens is 4. The highest BCUT2D eigenvalue weighted by Gasteiger charge is 2.47. The van der Waals surface area contributed by atoms with Crippen LogP contribution in [-0.4, -0.2) is 81.1 Å². The van der Waals surface area contributed by atoms with Crippen molar-refractivity contribution < 1.29 is 66.2 Å². The van der Waals surface area contributed by atoms with E-state index in [1.54, 1.807) is 0 Å². The Labute approximate surface area is 182 Å².